The fraction of sp³-hybridized carbons (Fsp3) is 0.318. The highest BCUT2D eigenvalue weighted by Crippen LogP contribution is 2.31. The van der Waals surface area contributed by atoms with Gasteiger partial charge in [-0.2, -0.15) is 0 Å². The standard InChI is InChI=1S/C22H25N9O2/c1-3-33-22(32)28-21-26-18-11-15(31-5-4-23-14-31)10-16(20(18)27-21)17-12-19(25-13-24-17)30-8-6-29(2)7-9-30/h4-5,10-14H,3,6-9H2,1-2H3,(H2,26,27,28,32). The van der Waals surface area contributed by atoms with Crippen LogP contribution in [0.3, 0.4) is 0 Å². The third-order valence-electron chi connectivity index (χ3n) is 5.63. The minimum absolute atomic E-state index is 0.276. The Morgan fingerprint density at radius 3 is 2.79 bits per heavy atom. The molecule has 0 spiro atoms. The maximum atomic E-state index is 11.9. The molecule has 4 heterocycles. The lowest BCUT2D eigenvalue weighted by molar-refractivity contribution is 0.167. The van der Waals surface area contributed by atoms with Gasteiger partial charge in [0.1, 0.15) is 17.7 Å². The van der Waals surface area contributed by atoms with E-state index in [4.69, 9.17) is 4.74 Å². The highest BCUT2D eigenvalue weighted by atomic mass is 16.5. The number of aromatic amines is 1. The molecular weight excluding hydrogens is 422 g/mol. The Bertz CT molecular complexity index is 1260. The van der Waals surface area contributed by atoms with Crippen molar-refractivity contribution in [2.45, 2.75) is 6.92 Å². The molecule has 170 valence electrons. The first-order valence-corrected chi connectivity index (χ1v) is 10.8. The van der Waals surface area contributed by atoms with Crippen molar-refractivity contribution in [2.75, 3.05) is 50.1 Å². The summed E-state index contributed by atoms with van der Waals surface area (Å²) in [7, 11) is 2.13. The molecule has 33 heavy (non-hydrogen) atoms. The number of anilines is 2. The zero-order chi connectivity index (χ0) is 22.8. The number of imidazole rings is 2. The van der Waals surface area contributed by atoms with E-state index in [2.05, 4.69) is 47.1 Å². The second kappa shape index (κ2) is 8.87. The number of piperazine rings is 1. The van der Waals surface area contributed by atoms with Gasteiger partial charge in [-0.25, -0.2) is 24.7 Å². The molecule has 1 amide bonds. The summed E-state index contributed by atoms with van der Waals surface area (Å²) in [5, 5.41) is 2.64. The van der Waals surface area contributed by atoms with Gasteiger partial charge in [-0.05, 0) is 26.1 Å². The molecule has 3 aromatic heterocycles. The molecule has 0 unspecified atom stereocenters. The molecule has 0 saturated carbocycles. The molecule has 1 aromatic carbocycles. The number of benzene rings is 1. The van der Waals surface area contributed by atoms with Gasteiger partial charge in [-0.3, -0.25) is 5.32 Å². The van der Waals surface area contributed by atoms with Crippen LogP contribution in [0, 0.1) is 0 Å². The number of nitrogens with zero attached hydrogens (tertiary/aromatic N) is 7. The van der Waals surface area contributed by atoms with Crippen LogP contribution >= 0.6 is 0 Å². The highest BCUT2D eigenvalue weighted by Gasteiger charge is 2.19. The average Bonchev–Trinajstić information content (AvgIpc) is 3.49. The van der Waals surface area contributed by atoms with Gasteiger partial charge in [0.15, 0.2) is 0 Å². The van der Waals surface area contributed by atoms with E-state index in [1.807, 2.05) is 29.0 Å². The summed E-state index contributed by atoms with van der Waals surface area (Å²) in [4.78, 5) is 37.5. The molecule has 1 saturated heterocycles. The van der Waals surface area contributed by atoms with Crippen LogP contribution in [-0.2, 0) is 4.74 Å². The van der Waals surface area contributed by atoms with E-state index in [1.165, 1.54) is 0 Å². The van der Waals surface area contributed by atoms with Gasteiger partial charge in [0.25, 0.3) is 0 Å². The summed E-state index contributed by atoms with van der Waals surface area (Å²) in [6.07, 6.45) is 6.35. The number of hydrogen-bond donors (Lipinski definition) is 2. The average molecular weight is 448 g/mol. The largest absolute Gasteiger partial charge is 0.450 e. The fourth-order valence-corrected chi connectivity index (χ4v) is 3.88. The Balaban J connectivity index is 1.58. The number of fused-ring (bicyclic) bond motifs is 1. The minimum Gasteiger partial charge on any atom is -0.450 e. The van der Waals surface area contributed by atoms with E-state index in [-0.39, 0.29) is 6.61 Å². The molecule has 11 nitrogen and oxygen atoms in total. The van der Waals surface area contributed by atoms with Crippen LogP contribution < -0.4 is 10.2 Å². The lowest BCUT2D eigenvalue weighted by Crippen LogP contribution is -2.44. The number of likely N-dealkylation sites (N-methyl/N-ethyl adjacent to an activating group) is 1. The van der Waals surface area contributed by atoms with Gasteiger partial charge in [-0.1, -0.05) is 0 Å². The maximum absolute atomic E-state index is 11.9. The first-order valence-electron chi connectivity index (χ1n) is 10.8. The normalized spacial score (nSPS) is 14.5. The molecule has 0 atom stereocenters. The smallest absolute Gasteiger partial charge is 0.413 e. The number of rotatable bonds is 5. The monoisotopic (exact) mass is 447 g/mol. The molecule has 2 N–H and O–H groups in total. The molecule has 1 aliphatic heterocycles. The Kier molecular flexibility index (Phi) is 5.61. The van der Waals surface area contributed by atoms with Gasteiger partial charge < -0.3 is 24.1 Å². The molecule has 5 rings (SSSR count). The van der Waals surface area contributed by atoms with Crippen molar-refractivity contribution in [3.63, 3.8) is 0 Å². The van der Waals surface area contributed by atoms with Crippen molar-refractivity contribution < 1.29 is 9.53 Å². The van der Waals surface area contributed by atoms with Crippen molar-refractivity contribution >= 4 is 28.9 Å². The molecule has 1 aliphatic rings. The molecule has 11 heteroatoms. The Labute approximate surface area is 190 Å². The van der Waals surface area contributed by atoms with Crippen LogP contribution in [0.15, 0.2) is 43.2 Å². The zero-order valence-electron chi connectivity index (χ0n) is 18.5. The molecule has 0 radical (unpaired) electrons. The molecular formula is C22H25N9O2. The minimum atomic E-state index is -0.563. The van der Waals surface area contributed by atoms with E-state index in [0.29, 0.717) is 11.5 Å². The Morgan fingerprint density at radius 2 is 2.03 bits per heavy atom. The SMILES string of the molecule is CCOC(=O)Nc1nc2c(-c3cc(N4CCN(C)CC4)ncn3)cc(-n3ccnc3)cc2[nH]1. The third kappa shape index (κ3) is 4.35. The number of nitrogens with one attached hydrogen (secondary N) is 2. The van der Waals surface area contributed by atoms with E-state index in [0.717, 1.165) is 54.5 Å². The van der Waals surface area contributed by atoms with E-state index >= 15 is 0 Å². The van der Waals surface area contributed by atoms with Gasteiger partial charge in [0.2, 0.25) is 5.95 Å². The Morgan fingerprint density at radius 1 is 1.18 bits per heavy atom. The van der Waals surface area contributed by atoms with Crippen LogP contribution in [-0.4, -0.2) is 80.3 Å². The second-order valence-corrected chi connectivity index (χ2v) is 7.84. The number of carbonyl (C=O) groups is 1. The lowest BCUT2D eigenvalue weighted by atomic mass is 10.1. The summed E-state index contributed by atoms with van der Waals surface area (Å²) < 4.78 is 6.89. The quantitative estimate of drug-likeness (QED) is 0.479. The number of aromatic nitrogens is 6. The second-order valence-electron chi connectivity index (χ2n) is 7.84. The van der Waals surface area contributed by atoms with Crippen LogP contribution in [0.5, 0.6) is 0 Å². The summed E-state index contributed by atoms with van der Waals surface area (Å²) >= 11 is 0. The summed E-state index contributed by atoms with van der Waals surface area (Å²) in [6.45, 7) is 5.82. The van der Waals surface area contributed by atoms with Gasteiger partial charge in [0, 0.05) is 55.9 Å². The number of amides is 1. The van der Waals surface area contributed by atoms with Crippen molar-refractivity contribution in [2.24, 2.45) is 0 Å². The number of ether oxygens (including phenoxy) is 1. The summed E-state index contributed by atoms with van der Waals surface area (Å²) in [6, 6.07) is 5.95. The van der Waals surface area contributed by atoms with E-state index in [9.17, 15) is 4.79 Å². The summed E-state index contributed by atoms with van der Waals surface area (Å²) in [5.74, 6) is 1.19. The van der Waals surface area contributed by atoms with Crippen molar-refractivity contribution in [1.82, 2.24) is 34.4 Å². The number of hydrogen-bond acceptors (Lipinski definition) is 8. The molecule has 4 aromatic rings. The van der Waals surface area contributed by atoms with Crippen LogP contribution in [0.1, 0.15) is 6.92 Å². The molecule has 0 bridgehead atoms. The lowest BCUT2D eigenvalue weighted by Gasteiger charge is -2.33. The van der Waals surface area contributed by atoms with Crippen molar-refractivity contribution in [3.05, 3.63) is 43.2 Å². The first-order chi connectivity index (χ1) is 16.1. The van der Waals surface area contributed by atoms with Crippen LogP contribution in [0.4, 0.5) is 16.6 Å². The van der Waals surface area contributed by atoms with Crippen LogP contribution in [0.2, 0.25) is 0 Å². The van der Waals surface area contributed by atoms with Gasteiger partial charge in [0.05, 0.1) is 24.1 Å². The highest BCUT2D eigenvalue weighted by molar-refractivity contribution is 5.96. The third-order valence-corrected chi connectivity index (χ3v) is 5.63. The maximum Gasteiger partial charge on any atom is 0.413 e. The topological polar surface area (TPSA) is 117 Å². The van der Waals surface area contributed by atoms with Crippen molar-refractivity contribution in [3.8, 4) is 16.9 Å². The predicted octanol–water partition coefficient (Wildman–Crippen LogP) is 2.53. The zero-order valence-corrected chi connectivity index (χ0v) is 18.5. The van der Waals surface area contributed by atoms with Crippen LogP contribution in [0.25, 0.3) is 28.0 Å². The number of carbonyl (C=O) groups excluding carboxylic acids is 1. The molecule has 1 fully saturated rings. The number of H-pyrrole nitrogens is 1. The van der Waals surface area contributed by atoms with E-state index < -0.39 is 6.09 Å². The molecule has 0 aliphatic carbocycles. The van der Waals surface area contributed by atoms with Crippen molar-refractivity contribution in [1.29, 1.82) is 0 Å². The fourth-order valence-electron chi connectivity index (χ4n) is 3.88. The van der Waals surface area contributed by atoms with E-state index in [1.54, 1.807) is 25.8 Å². The summed E-state index contributed by atoms with van der Waals surface area (Å²) in [5.41, 5.74) is 3.90. The predicted molar refractivity (Wildman–Crippen MR) is 125 cm³/mol. The van der Waals surface area contributed by atoms with Gasteiger partial charge >= 0.3 is 6.09 Å². The Hall–Kier alpha value is -3.99. The van der Waals surface area contributed by atoms with Gasteiger partial charge in [-0.15, -0.1) is 0 Å². The first kappa shape index (κ1) is 20.9.